The fourth-order valence-electron chi connectivity index (χ4n) is 2.00. The van der Waals surface area contributed by atoms with E-state index in [0.29, 0.717) is 4.48 Å². The van der Waals surface area contributed by atoms with Gasteiger partial charge in [-0.3, -0.25) is 9.59 Å². The van der Waals surface area contributed by atoms with Crippen molar-refractivity contribution in [1.82, 2.24) is 10.6 Å². The van der Waals surface area contributed by atoms with E-state index < -0.39 is 24.0 Å². The molecular weight excluding hydrogens is 364 g/mol. The van der Waals surface area contributed by atoms with Gasteiger partial charge in [0.15, 0.2) is 0 Å². The zero-order valence-corrected chi connectivity index (χ0v) is 14.3. The van der Waals surface area contributed by atoms with Gasteiger partial charge in [0.2, 0.25) is 11.8 Å². The molecule has 0 spiro atoms. The third-order valence-corrected chi connectivity index (χ3v) is 3.34. The summed E-state index contributed by atoms with van der Waals surface area (Å²) in [6, 6.07) is 7.20. The molecule has 0 saturated carbocycles. The molecule has 3 N–H and O–H groups in total. The van der Waals surface area contributed by atoms with E-state index >= 15 is 0 Å². The van der Waals surface area contributed by atoms with Crippen LogP contribution < -0.4 is 10.6 Å². The second-order valence-electron chi connectivity index (χ2n) is 5.06. The lowest BCUT2D eigenvalue weighted by atomic mass is 10.0. The van der Waals surface area contributed by atoms with Crippen molar-refractivity contribution in [2.75, 3.05) is 0 Å². The molecule has 7 heteroatoms. The second kappa shape index (κ2) is 9.09. The summed E-state index contributed by atoms with van der Waals surface area (Å²) in [5, 5.41) is 14.1. The Labute approximate surface area is 143 Å². The van der Waals surface area contributed by atoms with E-state index in [1.807, 2.05) is 30.3 Å². The molecule has 124 valence electrons. The molecule has 0 aliphatic heterocycles. The van der Waals surface area contributed by atoms with Crippen molar-refractivity contribution in [3.8, 4) is 0 Å². The summed E-state index contributed by atoms with van der Waals surface area (Å²) in [5.74, 6) is -2.08. The number of hydrogen-bond acceptors (Lipinski definition) is 3. The number of rotatable bonds is 8. The molecule has 0 heterocycles. The average Bonchev–Trinajstić information content (AvgIpc) is 2.45. The first-order valence-corrected chi connectivity index (χ1v) is 7.76. The minimum Gasteiger partial charge on any atom is -0.480 e. The highest BCUT2D eigenvalue weighted by molar-refractivity contribution is 9.11. The van der Waals surface area contributed by atoms with E-state index in [9.17, 15) is 14.4 Å². The van der Waals surface area contributed by atoms with Crippen molar-refractivity contribution in [1.29, 1.82) is 0 Å². The Bertz CT molecular complexity index is 589. The van der Waals surface area contributed by atoms with Crippen LogP contribution in [0, 0.1) is 0 Å². The first-order chi connectivity index (χ1) is 10.8. The van der Waals surface area contributed by atoms with E-state index in [2.05, 4.69) is 33.1 Å². The molecule has 0 saturated heterocycles. The molecule has 0 fully saturated rings. The maximum Gasteiger partial charge on any atom is 0.326 e. The van der Waals surface area contributed by atoms with E-state index in [-0.39, 0.29) is 18.7 Å². The number of carbonyl (C=O) groups excluding carboxylic acids is 2. The molecule has 0 aliphatic rings. The van der Waals surface area contributed by atoms with E-state index in [0.717, 1.165) is 5.56 Å². The predicted molar refractivity (Wildman–Crippen MR) is 90.0 cm³/mol. The SMILES string of the molecule is C=C(Br)C[C@H](NC(=O)[C@H](Cc1ccccc1)NC(C)=O)C(=O)O. The van der Waals surface area contributed by atoms with Crippen LogP contribution in [0.4, 0.5) is 0 Å². The lowest BCUT2D eigenvalue weighted by Gasteiger charge is -2.21. The highest BCUT2D eigenvalue weighted by Crippen LogP contribution is 2.11. The van der Waals surface area contributed by atoms with Crippen LogP contribution >= 0.6 is 15.9 Å². The minimum atomic E-state index is -1.17. The standard InChI is InChI=1S/C16H19BrN2O4/c1-10(17)8-14(16(22)23)19-15(21)13(18-11(2)20)9-12-6-4-3-5-7-12/h3-7,13-14H,1,8-9H2,2H3,(H,18,20)(H,19,21)(H,22,23)/t13-,14-/m0/s1. The molecule has 0 aliphatic carbocycles. The van der Waals surface area contributed by atoms with Gasteiger partial charge in [-0.05, 0) is 10.0 Å². The molecule has 0 unspecified atom stereocenters. The number of hydrogen-bond donors (Lipinski definition) is 3. The molecule has 1 aromatic rings. The van der Waals surface area contributed by atoms with Crippen molar-refractivity contribution >= 4 is 33.7 Å². The summed E-state index contributed by atoms with van der Waals surface area (Å²) in [6.07, 6.45) is 0.326. The molecule has 1 aromatic carbocycles. The van der Waals surface area contributed by atoms with E-state index in [1.54, 1.807) is 0 Å². The third-order valence-electron chi connectivity index (χ3n) is 3.02. The summed E-state index contributed by atoms with van der Waals surface area (Å²) < 4.78 is 0.462. The van der Waals surface area contributed by atoms with Gasteiger partial charge in [0.1, 0.15) is 12.1 Å². The zero-order valence-electron chi connectivity index (χ0n) is 12.7. The Morgan fingerprint density at radius 1 is 1.17 bits per heavy atom. The van der Waals surface area contributed by atoms with Gasteiger partial charge in [0.25, 0.3) is 0 Å². The van der Waals surface area contributed by atoms with Crippen LogP contribution in [0.3, 0.4) is 0 Å². The lowest BCUT2D eigenvalue weighted by molar-refractivity contribution is -0.142. The van der Waals surface area contributed by atoms with Crippen LogP contribution in [-0.2, 0) is 20.8 Å². The largest absolute Gasteiger partial charge is 0.480 e. The number of carboxylic acid groups (broad SMARTS) is 1. The fourth-order valence-corrected chi connectivity index (χ4v) is 2.32. The molecular formula is C16H19BrN2O4. The lowest BCUT2D eigenvalue weighted by Crippen LogP contribution is -2.52. The topological polar surface area (TPSA) is 95.5 Å². The summed E-state index contributed by atoms with van der Waals surface area (Å²) in [5.41, 5.74) is 0.859. The number of halogens is 1. The Kier molecular flexibility index (Phi) is 7.47. The van der Waals surface area contributed by atoms with Gasteiger partial charge in [-0.1, -0.05) is 52.8 Å². The maximum absolute atomic E-state index is 12.3. The average molecular weight is 383 g/mol. The van der Waals surface area contributed by atoms with Crippen molar-refractivity contribution < 1.29 is 19.5 Å². The normalized spacial score (nSPS) is 12.8. The first-order valence-electron chi connectivity index (χ1n) is 6.97. The van der Waals surface area contributed by atoms with Crippen LogP contribution in [0.5, 0.6) is 0 Å². The fraction of sp³-hybridized carbons (Fsp3) is 0.312. The molecule has 0 bridgehead atoms. The van der Waals surface area contributed by atoms with Gasteiger partial charge >= 0.3 is 5.97 Å². The van der Waals surface area contributed by atoms with Crippen molar-refractivity contribution in [3.63, 3.8) is 0 Å². The molecule has 23 heavy (non-hydrogen) atoms. The van der Waals surface area contributed by atoms with Gasteiger partial charge in [0.05, 0.1) is 0 Å². The number of benzene rings is 1. The maximum atomic E-state index is 12.3. The predicted octanol–water partition coefficient (Wildman–Crippen LogP) is 1.60. The molecule has 2 amide bonds. The Morgan fingerprint density at radius 3 is 2.26 bits per heavy atom. The van der Waals surface area contributed by atoms with Crippen LogP contribution in [0.25, 0.3) is 0 Å². The summed E-state index contributed by atoms with van der Waals surface area (Å²) >= 11 is 3.09. The summed E-state index contributed by atoms with van der Waals surface area (Å²) in [7, 11) is 0. The minimum absolute atomic E-state index is 0.0548. The molecule has 6 nitrogen and oxygen atoms in total. The van der Waals surface area contributed by atoms with Crippen molar-refractivity contribution in [2.45, 2.75) is 31.8 Å². The van der Waals surface area contributed by atoms with Gasteiger partial charge in [-0.2, -0.15) is 0 Å². The van der Waals surface area contributed by atoms with E-state index in [4.69, 9.17) is 5.11 Å². The van der Waals surface area contributed by atoms with Gasteiger partial charge in [0, 0.05) is 19.8 Å². The van der Waals surface area contributed by atoms with Crippen molar-refractivity contribution in [2.24, 2.45) is 0 Å². The molecule has 1 rings (SSSR count). The smallest absolute Gasteiger partial charge is 0.326 e. The highest BCUT2D eigenvalue weighted by Gasteiger charge is 2.26. The first kappa shape index (κ1) is 18.9. The van der Waals surface area contributed by atoms with Crippen LogP contribution in [-0.4, -0.2) is 35.0 Å². The van der Waals surface area contributed by atoms with Crippen LogP contribution in [0.1, 0.15) is 18.9 Å². The molecule has 0 aromatic heterocycles. The van der Waals surface area contributed by atoms with Gasteiger partial charge < -0.3 is 15.7 Å². The summed E-state index contributed by atoms with van der Waals surface area (Å²) in [6.45, 7) is 4.88. The van der Waals surface area contributed by atoms with Gasteiger partial charge in [-0.25, -0.2) is 4.79 Å². The number of carbonyl (C=O) groups is 3. The number of nitrogens with one attached hydrogen (secondary N) is 2. The highest BCUT2D eigenvalue weighted by atomic mass is 79.9. The van der Waals surface area contributed by atoms with Crippen LogP contribution in [0.15, 0.2) is 41.4 Å². The molecule has 2 atom stereocenters. The summed E-state index contributed by atoms with van der Waals surface area (Å²) in [4.78, 5) is 34.9. The van der Waals surface area contributed by atoms with Gasteiger partial charge in [-0.15, -0.1) is 0 Å². The van der Waals surface area contributed by atoms with Crippen molar-refractivity contribution in [3.05, 3.63) is 47.0 Å². The number of amides is 2. The monoisotopic (exact) mass is 382 g/mol. The Hall–Kier alpha value is -2.15. The second-order valence-corrected chi connectivity index (χ2v) is 6.19. The Morgan fingerprint density at radius 2 is 1.78 bits per heavy atom. The third kappa shape index (κ3) is 7.10. The number of aliphatic carboxylic acids is 1. The quantitative estimate of drug-likeness (QED) is 0.636. The molecule has 0 radical (unpaired) electrons. The Balaban J connectivity index is 2.83. The van der Waals surface area contributed by atoms with E-state index in [1.165, 1.54) is 6.92 Å². The number of carboxylic acids is 1. The van der Waals surface area contributed by atoms with Crippen LogP contribution in [0.2, 0.25) is 0 Å². The zero-order chi connectivity index (χ0) is 17.4.